The lowest BCUT2D eigenvalue weighted by molar-refractivity contribution is 0.158. The van der Waals surface area contributed by atoms with Crippen LogP contribution in [0.3, 0.4) is 0 Å². The number of rotatable bonds is 9. The van der Waals surface area contributed by atoms with Crippen LogP contribution in [0.1, 0.15) is 35.1 Å². The van der Waals surface area contributed by atoms with Gasteiger partial charge in [-0.1, -0.05) is 54.1 Å². The number of likely N-dealkylation sites (tertiary alicyclic amines) is 1. The number of benzene rings is 2. The normalized spacial score (nSPS) is 16.0. The van der Waals surface area contributed by atoms with Gasteiger partial charge in [0.15, 0.2) is 0 Å². The van der Waals surface area contributed by atoms with Gasteiger partial charge in [0.1, 0.15) is 0 Å². The first kappa shape index (κ1) is 21.0. The summed E-state index contributed by atoms with van der Waals surface area (Å²) in [7, 11) is 3.91. The van der Waals surface area contributed by atoms with Crippen molar-refractivity contribution in [2.75, 3.05) is 40.4 Å². The zero-order chi connectivity index (χ0) is 19.8. The van der Waals surface area contributed by atoms with E-state index in [9.17, 15) is 0 Å². The fraction of sp³-hybridized carbons (Fsp3) is 0.520. The van der Waals surface area contributed by atoms with Crippen LogP contribution in [0.2, 0.25) is 0 Å². The number of piperidine rings is 1. The summed E-state index contributed by atoms with van der Waals surface area (Å²) in [5.74, 6) is 0.823. The Bertz CT molecular complexity index is 705. The standard InChI is InChI=1S/C25H36N2O/c1-21-5-4-6-25(17-21)20-27-13-11-23(12-14-27)18-22-7-9-24(10-8-22)19-26(2)15-16-28-3/h4-10,17,23H,11-16,18-20H2,1-3H3. The highest BCUT2D eigenvalue weighted by Gasteiger charge is 2.19. The second-order valence-electron chi connectivity index (χ2n) is 8.46. The number of likely N-dealkylation sites (N-methyl/N-ethyl adjacent to an activating group) is 1. The van der Waals surface area contributed by atoms with Crippen molar-refractivity contribution >= 4 is 0 Å². The molecule has 0 saturated carbocycles. The maximum Gasteiger partial charge on any atom is 0.0589 e. The molecule has 0 amide bonds. The number of aryl methyl sites for hydroxylation is 1. The van der Waals surface area contributed by atoms with Crippen molar-refractivity contribution < 1.29 is 4.74 Å². The maximum absolute atomic E-state index is 5.15. The van der Waals surface area contributed by atoms with Crippen molar-refractivity contribution in [1.82, 2.24) is 9.80 Å². The molecule has 3 heteroatoms. The quantitative estimate of drug-likeness (QED) is 0.636. The summed E-state index contributed by atoms with van der Waals surface area (Å²) in [6, 6.07) is 18.2. The SMILES string of the molecule is COCCN(C)Cc1ccc(CC2CCN(Cc3cccc(C)c3)CC2)cc1. The molecule has 0 N–H and O–H groups in total. The summed E-state index contributed by atoms with van der Waals surface area (Å²) in [5, 5.41) is 0. The van der Waals surface area contributed by atoms with Crippen molar-refractivity contribution in [2.24, 2.45) is 5.92 Å². The topological polar surface area (TPSA) is 15.7 Å². The molecule has 1 heterocycles. The van der Waals surface area contributed by atoms with Crippen molar-refractivity contribution in [3.8, 4) is 0 Å². The van der Waals surface area contributed by atoms with Crippen LogP contribution in [-0.2, 0) is 24.2 Å². The molecule has 0 atom stereocenters. The van der Waals surface area contributed by atoms with Crippen molar-refractivity contribution in [3.05, 3.63) is 70.8 Å². The van der Waals surface area contributed by atoms with E-state index in [1.807, 2.05) is 0 Å². The Kier molecular flexibility index (Phi) is 8.08. The van der Waals surface area contributed by atoms with Gasteiger partial charge < -0.3 is 4.74 Å². The lowest BCUT2D eigenvalue weighted by Crippen LogP contribution is -2.33. The zero-order valence-corrected chi connectivity index (χ0v) is 17.9. The molecular weight excluding hydrogens is 344 g/mol. The van der Waals surface area contributed by atoms with E-state index in [-0.39, 0.29) is 0 Å². The molecule has 1 aliphatic rings. The number of ether oxygens (including phenoxy) is 1. The predicted molar refractivity (Wildman–Crippen MR) is 118 cm³/mol. The minimum absolute atomic E-state index is 0.789. The minimum atomic E-state index is 0.789. The Labute approximate surface area is 171 Å². The first-order valence-electron chi connectivity index (χ1n) is 10.7. The molecular formula is C25H36N2O. The van der Waals surface area contributed by atoms with Crippen LogP contribution >= 0.6 is 0 Å². The fourth-order valence-corrected chi connectivity index (χ4v) is 4.17. The van der Waals surface area contributed by atoms with Gasteiger partial charge in [-0.05, 0) is 68.9 Å². The summed E-state index contributed by atoms with van der Waals surface area (Å²) < 4.78 is 5.15. The van der Waals surface area contributed by atoms with Crippen LogP contribution < -0.4 is 0 Å². The molecule has 0 aromatic heterocycles. The van der Waals surface area contributed by atoms with E-state index in [1.54, 1.807) is 7.11 Å². The van der Waals surface area contributed by atoms with Crippen LogP contribution in [0.25, 0.3) is 0 Å². The predicted octanol–water partition coefficient (Wildman–Crippen LogP) is 4.53. The molecule has 2 aromatic rings. The maximum atomic E-state index is 5.15. The molecule has 28 heavy (non-hydrogen) atoms. The smallest absolute Gasteiger partial charge is 0.0589 e. The second kappa shape index (κ2) is 10.8. The van der Waals surface area contributed by atoms with Gasteiger partial charge in [0.2, 0.25) is 0 Å². The molecule has 0 spiro atoms. The van der Waals surface area contributed by atoms with E-state index in [4.69, 9.17) is 4.74 Å². The summed E-state index contributed by atoms with van der Waals surface area (Å²) in [6.07, 6.45) is 3.85. The van der Waals surface area contributed by atoms with Gasteiger partial charge in [0.05, 0.1) is 6.61 Å². The highest BCUT2D eigenvalue weighted by molar-refractivity contribution is 5.23. The average Bonchev–Trinajstić information content (AvgIpc) is 2.69. The second-order valence-corrected chi connectivity index (χ2v) is 8.46. The van der Waals surface area contributed by atoms with Gasteiger partial charge in [-0.25, -0.2) is 0 Å². The lowest BCUT2D eigenvalue weighted by atomic mass is 9.89. The van der Waals surface area contributed by atoms with Gasteiger partial charge in [0, 0.05) is 26.7 Å². The van der Waals surface area contributed by atoms with Gasteiger partial charge >= 0.3 is 0 Å². The molecule has 0 radical (unpaired) electrons. The molecule has 0 aliphatic carbocycles. The number of hydrogen-bond donors (Lipinski definition) is 0. The van der Waals surface area contributed by atoms with Gasteiger partial charge in [0.25, 0.3) is 0 Å². The van der Waals surface area contributed by atoms with Crippen LogP contribution in [0.4, 0.5) is 0 Å². The average molecular weight is 381 g/mol. The van der Waals surface area contributed by atoms with Crippen LogP contribution in [-0.4, -0.2) is 50.2 Å². The summed E-state index contributed by atoms with van der Waals surface area (Å²) in [5.41, 5.74) is 5.68. The van der Waals surface area contributed by atoms with Gasteiger partial charge in [-0.2, -0.15) is 0 Å². The Morgan fingerprint density at radius 3 is 2.39 bits per heavy atom. The number of methoxy groups -OCH3 is 1. The third-order valence-electron chi connectivity index (χ3n) is 5.87. The Hall–Kier alpha value is -1.68. The molecule has 1 aliphatic heterocycles. The Balaban J connectivity index is 1.42. The van der Waals surface area contributed by atoms with Crippen LogP contribution in [0.5, 0.6) is 0 Å². The molecule has 1 saturated heterocycles. The zero-order valence-electron chi connectivity index (χ0n) is 17.9. The molecule has 0 unspecified atom stereocenters. The molecule has 3 nitrogen and oxygen atoms in total. The summed E-state index contributed by atoms with van der Waals surface area (Å²) in [4.78, 5) is 4.92. The van der Waals surface area contributed by atoms with E-state index in [2.05, 4.69) is 72.3 Å². The van der Waals surface area contributed by atoms with E-state index < -0.39 is 0 Å². The molecule has 2 aromatic carbocycles. The molecule has 0 bridgehead atoms. The van der Waals surface area contributed by atoms with E-state index >= 15 is 0 Å². The monoisotopic (exact) mass is 380 g/mol. The van der Waals surface area contributed by atoms with Gasteiger partial charge in [-0.3, -0.25) is 9.80 Å². The minimum Gasteiger partial charge on any atom is -0.383 e. The first-order chi connectivity index (χ1) is 13.6. The number of nitrogens with zero attached hydrogens (tertiary/aromatic N) is 2. The lowest BCUT2D eigenvalue weighted by Gasteiger charge is -2.32. The Morgan fingerprint density at radius 1 is 1.00 bits per heavy atom. The first-order valence-corrected chi connectivity index (χ1v) is 10.7. The van der Waals surface area contributed by atoms with E-state index in [0.29, 0.717) is 0 Å². The summed E-state index contributed by atoms with van der Waals surface area (Å²) in [6.45, 7) is 8.47. The molecule has 152 valence electrons. The largest absolute Gasteiger partial charge is 0.383 e. The molecule has 1 fully saturated rings. The highest BCUT2D eigenvalue weighted by Crippen LogP contribution is 2.23. The van der Waals surface area contributed by atoms with Crippen LogP contribution in [0.15, 0.2) is 48.5 Å². The third-order valence-corrected chi connectivity index (χ3v) is 5.87. The highest BCUT2D eigenvalue weighted by atomic mass is 16.5. The molecule has 3 rings (SSSR count). The van der Waals surface area contributed by atoms with Crippen LogP contribution in [0, 0.1) is 12.8 Å². The van der Waals surface area contributed by atoms with Gasteiger partial charge in [-0.15, -0.1) is 0 Å². The third kappa shape index (κ3) is 6.73. The van der Waals surface area contributed by atoms with Crippen molar-refractivity contribution in [3.63, 3.8) is 0 Å². The van der Waals surface area contributed by atoms with Crippen molar-refractivity contribution in [2.45, 2.75) is 39.3 Å². The fourth-order valence-electron chi connectivity index (χ4n) is 4.17. The number of hydrogen-bond acceptors (Lipinski definition) is 3. The Morgan fingerprint density at radius 2 is 1.71 bits per heavy atom. The van der Waals surface area contributed by atoms with Crippen molar-refractivity contribution in [1.29, 1.82) is 0 Å². The summed E-state index contributed by atoms with van der Waals surface area (Å²) >= 11 is 0. The van der Waals surface area contributed by atoms with E-state index in [0.717, 1.165) is 32.2 Å². The van der Waals surface area contributed by atoms with E-state index in [1.165, 1.54) is 54.6 Å².